The van der Waals surface area contributed by atoms with Gasteiger partial charge in [-0.2, -0.15) is 0 Å². The number of benzene rings is 4. The fourth-order valence-electron chi connectivity index (χ4n) is 11.2. The highest BCUT2D eigenvalue weighted by molar-refractivity contribution is 6.37. The first-order chi connectivity index (χ1) is 33.7. The monoisotopic (exact) mass is 967 g/mol. The van der Waals surface area contributed by atoms with Crippen LogP contribution in [0, 0.1) is 0 Å². The Bertz CT molecular complexity index is 2380. The van der Waals surface area contributed by atoms with Gasteiger partial charge in [0, 0.05) is 62.5 Å². The van der Waals surface area contributed by atoms with Crippen molar-refractivity contribution in [3.05, 3.63) is 94.0 Å². The Kier molecular flexibility index (Phi) is 18.0. The van der Waals surface area contributed by atoms with E-state index in [-0.39, 0.29) is 55.5 Å². The number of quaternary nitrogens is 2. The lowest BCUT2D eigenvalue weighted by Crippen LogP contribution is -2.72. The largest absolute Gasteiger partial charge is 0.493 e. The summed E-state index contributed by atoms with van der Waals surface area (Å²) in [4.78, 5) is 52.0. The average Bonchev–Trinajstić information content (AvgIpc) is 3.38. The summed E-state index contributed by atoms with van der Waals surface area (Å²) >= 11 is 0. The molecule has 2 aliphatic rings. The van der Waals surface area contributed by atoms with Crippen molar-refractivity contribution in [1.82, 2.24) is 0 Å². The Morgan fingerprint density at radius 2 is 0.829 bits per heavy atom. The summed E-state index contributed by atoms with van der Waals surface area (Å²) in [5.74, 6) is 3.54. The molecule has 0 aromatic heterocycles. The standard InChI is InChI=1S/C56H74N2O12/c1-12-44(59)45(60)16-14-13-15-17-46(61)47(62)20-23-56(57(2)26-24-38-32-52(67-8)54(69-10)34-40(38)42(57)28-36-18-21-48(63-4)50(30-36)65-6)58(3)27-25-39-33-53(68-9)55(70-11)35-41(39)43(58)29-37-19-22-49(64-5)51(31-37)66-7/h18-19,21-22,30-35,42-43,56H,12-17,20,23-29H2,1-11H3/q+2/t42-,43-,57-,58-/m1/s1. The van der Waals surface area contributed by atoms with Crippen molar-refractivity contribution in [2.24, 2.45) is 0 Å². The predicted octanol–water partition coefficient (Wildman–Crippen LogP) is 8.77. The van der Waals surface area contributed by atoms with Gasteiger partial charge in [0.05, 0.1) is 90.5 Å². The molecular weight excluding hydrogens is 893 g/mol. The Morgan fingerprint density at radius 3 is 1.21 bits per heavy atom. The van der Waals surface area contributed by atoms with E-state index in [0.29, 0.717) is 93.5 Å². The average molecular weight is 967 g/mol. The van der Waals surface area contributed by atoms with Crippen molar-refractivity contribution < 1.29 is 66.0 Å². The molecular formula is C56H74N2O12+2. The van der Waals surface area contributed by atoms with Crippen LogP contribution in [0.3, 0.4) is 0 Å². The first-order valence-corrected chi connectivity index (χ1v) is 24.4. The van der Waals surface area contributed by atoms with E-state index in [2.05, 4.69) is 50.5 Å². The molecule has 14 heteroatoms. The number of ether oxygens (including phenoxy) is 8. The summed E-state index contributed by atoms with van der Waals surface area (Å²) in [6, 6.07) is 20.3. The van der Waals surface area contributed by atoms with E-state index in [1.807, 2.05) is 24.3 Å². The van der Waals surface area contributed by atoms with Gasteiger partial charge in [0.1, 0.15) is 12.1 Å². The highest BCUT2D eigenvalue weighted by Gasteiger charge is 2.57. The quantitative estimate of drug-likeness (QED) is 0.0337. The number of hydrogen-bond acceptors (Lipinski definition) is 12. The number of nitrogens with zero attached hydrogens (tertiary/aromatic N) is 2. The van der Waals surface area contributed by atoms with E-state index in [1.165, 1.54) is 0 Å². The van der Waals surface area contributed by atoms with Gasteiger partial charge in [0.2, 0.25) is 6.17 Å². The minimum Gasteiger partial charge on any atom is -0.493 e. The summed E-state index contributed by atoms with van der Waals surface area (Å²) in [5, 5.41) is 0. The number of methoxy groups -OCH3 is 8. The molecule has 4 aromatic rings. The smallest absolute Gasteiger partial charge is 0.217 e. The molecule has 4 aromatic carbocycles. The van der Waals surface area contributed by atoms with Crippen LogP contribution in [0.5, 0.6) is 46.0 Å². The SMILES string of the molecule is CCC(=O)C(=O)CCCCCC(=O)C(=O)CCC([N@+]1(C)CCc2cc(OC)c(OC)cc2[C@H]1Cc1ccc(OC)c(OC)c1)[N@+]1(C)CCc2cc(OC)c(OC)cc2[C@H]1Cc1ccc(OC)c(OC)c1. The number of fused-ring (bicyclic) bond motifs is 2. The summed E-state index contributed by atoms with van der Waals surface area (Å²) in [6.07, 6.45) is 4.87. The molecule has 378 valence electrons. The Labute approximate surface area is 414 Å². The van der Waals surface area contributed by atoms with E-state index in [0.717, 1.165) is 59.3 Å². The first kappa shape index (κ1) is 53.2. The fraction of sp³-hybridized carbons (Fsp3) is 0.500. The summed E-state index contributed by atoms with van der Waals surface area (Å²) in [7, 11) is 17.8. The van der Waals surface area contributed by atoms with Gasteiger partial charge in [-0.05, 0) is 83.6 Å². The number of carbonyl (C=O) groups excluding carboxylic acids is 4. The van der Waals surface area contributed by atoms with Gasteiger partial charge in [0.15, 0.2) is 69.1 Å². The van der Waals surface area contributed by atoms with E-state index in [1.54, 1.807) is 63.8 Å². The summed E-state index contributed by atoms with van der Waals surface area (Å²) < 4.78 is 47.7. The van der Waals surface area contributed by atoms with Crippen LogP contribution >= 0.6 is 0 Å². The molecule has 14 nitrogen and oxygen atoms in total. The van der Waals surface area contributed by atoms with Crippen molar-refractivity contribution in [1.29, 1.82) is 0 Å². The summed E-state index contributed by atoms with van der Waals surface area (Å²) in [5.41, 5.74) is 6.67. The highest BCUT2D eigenvalue weighted by Crippen LogP contribution is 2.51. The zero-order chi connectivity index (χ0) is 50.8. The number of Topliss-reactive ketones (excluding diaryl/α,β-unsaturated/α-hetero) is 4. The molecule has 0 unspecified atom stereocenters. The van der Waals surface area contributed by atoms with E-state index in [4.69, 9.17) is 37.9 Å². The van der Waals surface area contributed by atoms with Crippen LogP contribution in [-0.4, -0.2) is 122 Å². The van der Waals surface area contributed by atoms with Crippen LogP contribution < -0.4 is 37.9 Å². The number of ketones is 4. The number of unbranched alkanes of at least 4 members (excludes halogenated alkanes) is 2. The van der Waals surface area contributed by atoms with Crippen molar-refractivity contribution in [2.45, 2.75) is 102 Å². The van der Waals surface area contributed by atoms with Crippen LogP contribution in [-0.2, 0) is 44.9 Å². The van der Waals surface area contributed by atoms with Gasteiger partial charge in [0.25, 0.3) is 0 Å². The molecule has 0 amide bonds. The van der Waals surface area contributed by atoms with Crippen LogP contribution in [0.25, 0.3) is 0 Å². The zero-order valence-electron chi connectivity index (χ0n) is 43.2. The zero-order valence-corrected chi connectivity index (χ0v) is 43.2. The lowest BCUT2D eigenvalue weighted by Gasteiger charge is -2.58. The maximum absolute atomic E-state index is 14.3. The molecule has 0 fully saturated rings. The van der Waals surface area contributed by atoms with Crippen LogP contribution in [0.1, 0.15) is 104 Å². The summed E-state index contributed by atoms with van der Waals surface area (Å²) in [6.45, 7) is 3.12. The number of carbonyl (C=O) groups is 4. The predicted molar refractivity (Wildman–Crippen MR) is 267 cm³/mol. The molecule has 0 radical (unpaired) electrons. The molecule has 2 aliphatic heterocycles. The molecule has 4 atom stereocenters. The molecule has 0 aliphatic carbocycles. The molecule has 6 rings (SSSR count). The second-order valence-electron chi connectivity index (χ2n) is 18.9. The molecule has 0 spiro atoms. The third-order valence-electron chi connectivity index (χ3n) is 15.2. The van der Waals surface area contributed by atoms with Crippen molar-refractivity contribution in [3.8, 4) is 46.0 Å². The Hall–Kier alpha value is -6.12. The topological polar surface area (TPSA) is 142 Å². The van der Waals surface area contributed by atoms with Gasteiger partial charge in [-0.1, -0.05) is 25.5 Å². The lowest BCUT2D eigenvalue weighted by atomic mass is 9.82. The fourth-order valence-corrected chi connectivity index (χ4v) is 11.2. The van der Waals surface area contributed by atoms with Crippen LogP contribution in [0.4, 0.5) is 0 Å². The normalized spacial score (nSPS) is 19.3. The first-order valence-electron chi connectivity index (χ1n) is 24.4. The number of hydrogen-bond donors (Lipinski definition) is 0. The van der Waals surface area contributed by atoms with E-state index < -0.39 is 11.6 Å². The number of likely N-dealkylation sites (N-methyl/N-ethyl adjacent to an activating group) is 2. The second-order valence-corrected chi connectivity index (χ2v) is 18.9. The van der Waals surface area contributed by atoms with Gasteiger partial charge in [-0.25, -0.2) is 0 Å². The highest BCUT2D eigenvalue weighted by atomic mass is 16.5. The maximum Gasteiger partial charge on any atom is 0.217 e. The molecule has 0 saturated heterocycles. The van der Waals surface area contributed by atoms with Crippen molar-refractivity contribution in [2.75, 3.05) is 84.1 Å². The van der Waals surface area contributed by atoms with Crippen LogP contribution in [0.15, 0.2) is 60.7 Å². The lowest BCUT2D eigenvalue weighted by molar-refractivity contribution is -1.15. The molecule has 2 heterocycles. The molecule has 0 N–H and O–H groups in total. The van der Waals surface area contributed by atoms with Crippen LogP contribution in [0.2, 0.25) is 0 Å². The molecule has 0 bridgehead atoms. The van der Waals surface area contributed by atoms with Crippen molar-refractivity contribution in [3.63, 3.8) is 0 Å². The van der Waals surface area contributed by atoms with Gasteiger partial charge >= 0.3 is 0 Å². The third kappa shape index (κ3) is 11.2. The van der Waals surface area contributed by atoms with Crippen molar-refractivity contribution >= 4 is 23.1 Å². The Balaban J connectivity index is 1.50. The minimum atomic E-state index is -0.412. The maximum atomic E-state index is 14.3. The van der Waals surface area contributed by atoms with E-state index in [9.17, 15) is 19.2 Å². The Morgan fingerprint density at radius 1 is 0.471 bits per heavy atom. The molecule has 70 heavy (non-hydrogen) atoms. The van der Waals surface area contributed by atoms with Gasteiger partial charge < -0.3 is 37.9 Å². The van der Waals surface area contributed by atoms with E-state index >= 15 is 0 Å². The van der Waals surface area contributed by atoms with Gasteiger partial charge in [-0.15, -0.1) is 0 Å². The second kappa shape index (κ2) is 23.7. The molecule has 0 saturated carbocycles. The third-order valence-corrected chi connectivity index (χ3v) is 15.2. The number of rotatable bonds is 26. The minimum absolute atomic E-state index is 0.0540. The van der Waals surface area contributed by atoms with Gasteiger partial charge in [-0.3, -0.25) is 28.1 Å².